The van der Waals surface area contributed by atoms with Crippen molar-refractivity contribution in [2.24, 2.45) is 5.73 Å². The fraction of sp³-hybridized carbons (Fsp3) is 0.900. The molecule has 3 N–H and O–H groups in total. The number of carbonyl (C=O) groups is 1. The summed E-state index contributed by atoms with van der Waals surface area (Å²) in [5.41, 5.74) is 5.48. The van der Waals surface area contributed by atoms with Crippen molar-refractivity contribution in [2.45, 2.75) is 38.3 Å². The van der Waals surface area contributed by atoms with Gasteiger partial charge in [0.25, 0.3) is 0 Å². The normalized spacial score (nSPS) is 18.3. The van der Waals surface area contributed by atoms with Gasteiger partial charge in [-0.05, 0) is 32.7 Å². The first kappa shape index (κ1) is 11.5. The number of carbonyl (C=O) groups excluding carboxylic acids is 1. The lowest BCUT2D eigenvalue weighted by atomic mass is 10.2. The van der Waals surface area contributed by atoms with Crippen molar-refractivity contribution in [1.82, 2.24) is 10.2 Å². The zero-order valence-electron chi connectivity index (χ0n) is 9.12. The molecule has 1 aliphatic rings. The van der Waals surface area contributed by atoms with Gasteiger partial charge in [0.2, 0.25) is 5.91 Å². The van der Waals surface area contributed by atoms with Crippen LogP contribution in [0.1, 0.15) is 26.2 Å². The number of nitrogens with two attached hydrogens (primary N) is 1. The van der Waals surface area contributed by atoms with Crippen LogP contribution in [0, 0.1) is 0 Å². The van der Waals surface area contributed by atoms with E-state index in [1.54, 1.807) is 7.05 Å². The Morgan fingerprint density at radius 2 is 2.29 bits per heavy atom. The van der Waals surface area contributed by atoms with Crippen LogP contribution in [-0.2, 0) is 4.79 Å². The molecule has 1 unspecified atom stereocenters. The Kier molecular flexibility index (Phi) is 4.35. The van der Waals surface area contributed by atoms with Gasteiger partial charge in [0.05, 0.1) is 6.04 Å². The Morgan fingerprint density at radius 3 is 2.71 bits per heavy atom. The molecule has 1 atom stereocenters. The molecule has 0 saturated heterocycles. The van der Waals surface area contributed by atoms with E-state index in [0.29, 0.717) is 12.6 Å². The van der Waals surface area contributed by atoms with E-state index in [9.17, 15) is 4.79 Å². The number of nitrogens with one attached hydrogen (secondary N) is 1. The third kappa shape index (κ3) is 2.96. The highest BCUT2D eigenvalue weighted by Crippen LogP contribution is 2.28. The summed E-state index contributed by atoms with van der Waals surface area (Å²) in [5.74, 6) is 0.105. The smallest absolute Gasteiger partial charge is 0.236 e. The van der Waals surface area contributed by atoms with Gasteiger partial charge in [0, 0.05) is 19.6 Å². The molecule has 4 heteroatoms. The van der Waals surface area contributed by atoms with Gasteiger partial charge in [0.15, 0.2) is 0 Å². The standard InChI is InChI=1S/C10H21N3O/c1-8(10(14)12-2)13(7-3-6-11)9-4-5-9/h8-9H,3-7,11H2,1-2H3,(H,12,14). The van der Waals surface area contributed by atoms with E-state index in [2.05, 4.69) is 10.2 Å². The average molecular weight is 199 g/mol. The highest BCUT2D eigenvalue weighted by atomic mass is 16.2. The highest BCUT2D eigenvalue weighted by molar-refractivity contribution is 5.81. The summed E-state index contributed by atoms with van der Waals surface area (Å²) in [7, 11) is 1.69. The molecule has 1 aliphatic carbocycles. The van der Waals surface area contributed by atoms with Crippen molar-refractivity contribution < 1.29 is 4.79 Å². The van der Waals surface area contributed by atoms with Crippen LogP contribution in [0.5, 0.6) is 0 Å². The first-order chi connectivity index (χ1) is 6.70. The fourth-order valence-electron chi connectivity index (χ4n) is 1.73. The minimum atomic E-state index is -0.0148. The molecule has 0 bridgehead atoms. The van der Waals surface area contributed by atoms with E-state index in [-0.39, 0.29) is 11.9 Å². The Bertz CT molecular complexity index is 192. The van der Waals surface area contributed by atoms with Crippen LogP contribution in [0.3, 0.4) is 0 Å². The molecule has 14 heavy (non-hydrogen) atoms. The van der Waals surface area contributed by atoms with E-state index >= 15 is 0 Å². The van der Waals surface area contributed by atoms with Gasteiger partial charge in [-0.25, -0.2) is 0 Å². The lowest BCUT2D eigenvalue weighted by Gasteiger charge is -2.27. The molecule has 1 fully saturated rings. The number of amides is 1. The maximum atomic E-state index is 11.5. The minimum absolute atomic E-state index is 0.0148. The second-order valence-electron chi connectivity index (χ2n) is 3.90. The van der Waals surface area contributed by atoms with Gasteiger partial charge in [-0.15, -0.1) is 0 Å². The molecule has 4 nitrogen and oxygen atoms in total. The second kappa shape index (κ2) is 5.32. The van der Waals surface area contributed by atoms with E-state index in [4.69, 9.17) is 5.73 Å². The summed E-state index contributed by atoms with van der Waals surface area (Å²) < 4.78 is 0. The third-order valence-corrected chi connectivity index (χ3v) is 2.76. The van der Waals surface area contributed by atoms with Gasteiger partial charge in [-0.3, -0.25) is 9.69 Å². The Hall–Kier alpha value is -0.610. The molecule has 0 aromatic heterocycles. The van der Waals surface area contributed by atoms with Gasteiger partial charge in [0.1, 0.15) is 0 Å². The summed E-state index contributed by atoms with van der Waals surface area (Å²) >= 11 is 0. The van der Waals surface area contributed by atoms with Crippen LogP contribution < -0.4 is 11.1 Å². The Labute approximate surface area is 85.8 Å². The van der Waals surface area contributed by atoms with Crippen LogP contribution in [0.2, 0.25) is 0 Å². The molecule has 82 valence electrons. The largest absolute Gasteiger partial charge is 0.358 e. The molecular formula is C10H21N3O. The topological polar surface area (TPSA) is 58.4 Å². The summed E-state index contributed by atoms with van der Waals surface area (Å²) in [5, 5.41) is 2.69. The molecule has 1 saturated carbocycles. The summed E-state index contributed by atoms with van der Waals surface area (Å²) in [6.45, 7) is 3.60. The predicted octanol–water partition coefficient (Wildman–Crippen LogP) is -0.0659. The van der Waals surface area contributed by atoms with Gasteiger partial charge in [-0.2, -0.15) is 0 Å². The number of rotatable bonds is 6. The quantitative estimate of drug-likeness (QED) is 0.630. The summed E-state index contributed by atoms with van der Waals surface area (Å²) in [6, 6.07) is 0.605. The maximum absolute atomic E-state index is 11.5. The van der Waals surface area contributed by atoms with Crippen LogP contribution in [0.4, 0.5) is 0 Å². The predicted molar refractivity (Wildman–Crippen MR) is 56.9 cm³/mol. The Morgan fingerprint density at radius 1 is 1.64 bits per heavy atom. The van der Waals surface area contributed by atoms with Gasteiger partial charge >= 0.3 is 0 Å². The zero-order chi connectivity index (χ0) is 10.6. The van der Waals surface area contributed by atoms with Crippen LogP contribution >= 0.6 is 0 Å². The maximum Gasteiger partial charge on any atom is 0.236 e. The van der Waals surface area contributed by atoms with Crippen molar-refractivity contribution in [3.05, 3.63) is 0 Å². The van der Waals surface area contributed by atoms with E-state index < -0.39 is 0 Å². The van der Waals surface area contributed by atoms with E-state index in [1.807, 2.05) is 6.92 Å². The second-order valence-corrected chi connectivity index (χ2v) is 3.90. The summed E-state index contributed by atoms with van der Waals surface area (Å²) in [6.07, 6.45) is 3.43. The average Bonchev–Trinajstić information content (AvgIpc) is 3.01. The fourth-order valence-corrected chi connectivity index (χ4v) is 1.73. The molecular weight excluding hydrogens is 178 g/mol. The van der Waals surface area contributed by atoms with E-state index in [0.717, 1.165) is 13.0 Å². The molecule has 0 radical (unpaired) electrons. The first-order valence-corrected chi connectivity index (χ1v) is 5.38. The first-order valence-electron chi connectivity index (χ1n) is 5.38. The molecule has 0 spiro atoms. The molecule has 1 rings (SSSR count). The summed E-state index contributed by atoms with van der Waals surface area (Å²) in [4.78, 5) is 13.7. The van der Waals surface area contributed by atoms with Crippen LogP contribution in [0.25, 0.3) is 0 Å². The molecule has 1 amide bonds. The third-order valence-electron chi connectivity index (χ3n) is 2.76. The SMILES string of the molecule is CNC(=O)C(C)N(CCCN)C1CC1. The molecule has 0 aliphatic heterocycles. The molecule has 0 aromatic carbocycles. The van der Waals surface area contributed by atoms with Crippen molar-refractivity contribution in [3.63, 3.8) is 0 Å². The molecule has 0 heterocycles. The van der Waals surface area contributed by atoms with E-state index in [1.165, 1.54) is 12.8 Å². The van der Waals surface area contributed by atoms with Crippen LogP contribution in [-0.4, -0.2) is 43.0 Å². The highest BCUT2D eigenvalue weighted by Gasteiger charge is 2.33. The minimum Gasteiger partial charge on any atom is -0.358 e. The lowest BCUT2D eigenvalue weighted by Crippen LogP contribution is -2.45. The molecule has 0 aromatic rings. The number of hydrogen-bond acceptors (Lipinski definition) is 3. The van der Waals surface area contributed by atoms with Crippen molar-refractivity contribution >= 4 is 5.91 Å². The van der Waals surface area contributed by atoms with Crippen molar-refractivity contribution in [3.8, 4) is 0 Å². The van der Waals surface area contributed by atoms with Crippen LogP contribution in [0.15, 0.2) is 0 Å². The Balaban J connectivity index is 2.43. The monoisotopic (exact) mass is 199 g/mol. The number of nitrogens with zero attached hydrogens (tertiary/aromatic N) is 1. The van der Waals surface area contributed by atoms with Gasteiger partial charge < -0.3 is 11.1 Å². The number of likely N-dealkylation sites (N-methyl/N-ethyl adjacent to an activating group) is 1. The lowest BCUT2D eigenvalue weighted by molar-refractivity contribution is -0.125. The zero-order valence-corrected chi connectivity index (χ0v) is 9.12. The van der Waals surface area contributed by atoms with Gasteiger partial charge in [-0.1, -0.05) is 0 Å². The number of hydrogen-bond donors (Lipinski definition) is 2. The van der Waals surface area contributed by atoms with Crippen molar-refractivity contribution in [2.75, 3.05) is 20.1 Å². The van der Waals surface area contributed by atoms with Crippen molar-refractivity contribution in [1.29, 1.82) is 0 Å².